The van der Waals surface area contributed by atoms with Crippen LogP contribution in [0.5, 0.6) is 0 Å². The predicted molar refractivity (Wildman–Crippen MR) is 199 cm³/mol. The lowest BCUT2D eigenvalue weighted by Crippen LogP contribution is -2.60. The van der Waals surface area contributed by atoms with E-state index in [0.29, 0.717) is 29.1 Å². The highest BCUT2D eigenvalue weighted by Crippen LogP contribution is 2.61. The number of likely N-dealkylation sites (tertiary alicyclic amines) is 1. The molecule has 3 saturated heterocycles. The number of allylic oxidation sites excluding steroid dienone is 1. The Labute approximate surface area is 313 Å². The maximum Gasteiger partial charge on any atom is 0.313 e. The number of amides is 3. The quantitative estimate of drug-likeness (QED) is 0.126. The highest BCUT2D eigenvalue weighted by molar-refractivity contribution is 9.09. The zero-order valence-electron chi connectivity index (χ0n) is 29.3. The van der Waals surface area contributed by atoms with Crippen molar-refractivity contribution >= 4 is 56.9 Å². The molecule has 3 heterocycles. The maximum atomic E-state index is 15.0. The molecule has 0 aromatic heterocycles. The van der Waals surface area contributed by atoms with Gasteiger partial charge in [-0.05, 0) is 55.5 Å². The van der Waals surface area contributed by atoms with Crippen LogP contribution in [-0.4, -0.2) is 81.5 Å². The summed E-state index contributed by atoms with van der Waals surface area (Å²) >= 11 is 9.91. The number of carbonyl (C=O) groups excluding carboxylic acids is 4. The fourth-order valence-corrected chi connectivity index (χ4v) is 9.02. The number of nitrogens with zero attached hydrogens (tertiary/aromatic N) is 2. The number of nitrogens with one attached hydrogen (secondary N) is 1. The van der Waals surface area contributed by atoms with E-state index in [-0.39, 0.29) is 42.6 Å². The monoisotopic (exact) mass is 783 g/mol. The number of hydrogen-bond acceptors (Lipinski definition) is 7. The van der Waals surface area contributed by atoms with Crippen LogP contribution in [-0.2, 0) is 28.7 Å². The molecule has 1 unspecified atom stereocenters. The minimum Gasteiger partial charge on any atom is -0.455 e. The molecule has 2 N–H and O–H groups in total. The van der Waals surface area contributed by atoms with Crippen LogP contribution in [0, 0.1) is 17.8 Å². The summed E-state index contributed by atoms with van der Waals surface area (Å²) in [6.07, 6.45) is 3.26. The molecule has 10 nitrogen and oxygen atoms in total. The molecule has 3 fully saturated rings. The molecule has 3 aliphatic heterocycles. The third-order valence-corrected chi connectivity index (χ3v) is 11.7. The Morgan fingerprint density at radius 1 is 1.16 bits per heavy atom. The van der Waals surface area contributed by atoms with Crippen molar-refractivity contribution in [2.45, 2.75) is 87.2 Å². The molecule has 5 rings (SSSR count). The number of halogens is 2. The minimum atomic E-state index is -1.39. The Bertz CT molecular complexity index is 1610. The molecule has 0 aliphatic carbocycles. The van der Waals surface area contributed by atoms with E-state index in [9.17, 15) is 24.3 Å². The molecular weight excluding hydrogens is 738 g/mol. The Balaban J connectivity index is 1.55. The number of esters is 1. The first-order valence-corrected chi connectivity index (χ1v) is 18.8. The van der Waals surface area contributed by atoms with Gasteiger partial charge >= 0.3 is 5.97 Å². The van der Waals surface area contributed by atoms with E-state index in [0.717, 1.165) is 0 Å². The van der Waals surface area contributed by atoms with Gasteiger partial charge in [0, 0.05) is 28.5 Å². The highest BCUT2D eigenvalue weighted by atomic mass is 79.9. The number of anilines is 1. The first kappa shape index (κ1) is 38.7. The average Bonchev–Trinajstić information content (AvgIpc) is 3.72. The summed E-state index contributed by atoms with van der Waals surface area (Å²) < 4.78 is 13.0. The van der Waals surface area contributed by atoms with Crippen molar-refractivity contribution in [1.82, 2.24) is 10.2 Å². The lowest BCUT2D eigenvalue weighted by Gasteiger charge is -2.41. The van der Waals surface area contributed by atoms with E-state index < -0.39 is 65.6 Å². The summed E-state index contributed by atoms with van der Waals surface area (Å²) in [5.74, 6) is -4.03. The van der Waals surface area contributed by atoms with Crippen molar-refractivity contribution in [3.63, 3.8) is 0 Å². The summed E-state index contributed by atoms with van der Waals surface area (Å²) in [6.45, 7) is 12.9. The standard InChI is InChI=1S/C39H47BrClN3O7/c1-6-9-15-30(46)42-24(5)33(25-13-11-10-12-14-25)50-38(49)31-32-36(47)44(29(22-45)23(4)8-3)35(39(32)21-28(40)34(31)51-39)37(48)43(20-7-2)27-18-16-26(41)17-19-27/h6-7,10-14,16-19,23-24,28-29,31-35,45H,1-2,8-9,15,20-22H2,3-5H3,(H,42,46)/t23-,24-,28?,29-,31-,32+,33-,34-,35-,39+/m0/s1. The van der Waals surface area contributed by atoms with Crippen LogP contribution >= 0.6 is 27.5 Å². The summed E-state index contributed by atoms with van der Waals surface area (Å²) in [5.41, 5.74) is -0.172. The Hall–Kier alpha value is -3.51. The van der Waals surface area contributed by atoms with Crippen LogP contribution in [0.2, 0.25) is 5.02 Å². The van der Waals surface area contributed by atoms with Crippen LogP contribution in [0.4, 0.5) is 5.69 Å². The SMILES string of the molecule is C=CCCC(=O)N[C@@H](C)[C@H](OC(=O)[C@@H]1[C@H]2O[C@@]3(CC2Br)[C@H](C(=O)N(CC=C)c2ccc(Cl)cc2)N([C@@H](CO)[C@@H](C)CC)C(=O)[C@@H]13)c1ccccc1. The lowest BCUT2D eigenvalue weighted by molar-refractivity contribution is -0.162. The van der Waals surface area contributed by atoms with Crippen molar-refractivity contribution in [3.05, 3.63) is 90.5 Å². The summed E-state index contributed by atoms with van der Waals surface area (Å²) in [4.78, 5) is 59.7. The van der Waals surface area contributed by atoms with E-state index >= 15 is 0 Å². The van der Waals surface area contributed by atoms with E-state index in [1.807, 2.05) is 44.2 Å². The van der Waals surface area contributed by atoms with Gasteiger partial charge in [-0.1, -0.05) is 90.3 Å². The van der Waals surface area contributed by atoms with E-state index in [2.05, 4.69) is 34.4 Å². The average molecular weight is 785 g/mol. The fourth-order valence-electron chi connectivity index (χ4n) is 7.95. The number of ether oxygens (including phenoxy) is 2. The highest BCUT2D eigenvalue weighted by Gasteiger charge is 2.78. The van der Waals surface area contributed by atoms with Gasteiger partial charge in [-0.15, -0.1) is 13.2 Å². The first-order valence-electron chi connectivity index (χ1n) is 17.5. The number of alkyl halides is 1. The lowest BCUT2D eigenvalue weighted by atomic mass is 9.70. The van der Waals surface area contributed by atoms with Gasteiger partial charge in [0.25, 0.3) is 5.91 Å². The molecule has 274 valence electrons. The molecule has 12 heteroatoms. The van der Waals surface area contributed by atoms with Crippen LogP contribution in [0.25, 0.3) is 0 Å². The van der Waals surface area contributed by atoms with Gasteiger partial charge in [0.1, 0.15) is 17.7 Å². The fraction of sp³-hybridized carbons (Fsp3) is 0.487. The van der Waals surface area contributed by atoms with Gasteiger partial charge in [0.05, 0.1) is 36.6 Å². The Morgan fingerprint density at radius 3 is 2.45 bits per heavy atom. The van der Waals surface area contributed by atoms with Crippen molar-refractivity contribution in [3.8, 4) is 0 Å². The number of benzene rings is 2. The molecule has 2 bridgehead atoms. The van der Waals surface area contributed by atoms with Gasteiger partial charge < -0.3 is 29.7 Å². The topological polar surface area (TPSA) is 125 Å². The van der Waals surface area contributed by atoms with Gasteiger partial charge in [-0.2, -0.15) is 0 Å². The molecule has 1 spiro atoms. The normalized spacial score (nSPS) is 27.2. The smallest absolute Gasteiger partial charge is 0.313 e. The Morgan fingerprint density at radius 2 is 1.84 bits per heavy atom. The second-order valence-corrected chi connectivity index (χ2v) is 15.3. The number of aliphatic hydroxyl groups excluding tert-OH is 1. The third kappa shape index (κ3) is 7.40. The maximum absolute atomic E-state index is 15.0. The molecular formula is C39H47BrClN3O7. The van der Waals surface area contributed by atoms with Crippen molar-refractivity contribution < 1.29 is 33.8 Å². The van der Waals surface area contributed by atoms with Crippen LogP contribution in [0.1, 0.15) is 58.1 Å². The van der Waals surface area contributed by atoms with E-state index in [1.165, 1.54) is 9.80 Å². The van der Waals surface area contributed by atoms with Crippen molar-refractivity contribution in [1.29, 1.82) is 0 Å². The molecule has 0 saturated carbocycles. The Kier molecular flexibility index (Phi) is 12.5. The molecule has 10 atom stereocenters. The van der Waals surface area contributed by atoms with E-state index in [1.54, 1.807) is 43.3 Å². The number of fused-ring (bicyclic) bond motifs is 1. The molecule has 3 aliphatic rings. The minimum absolute atomic E-state index is 0.134. The number of hydrogen-bond donors (Lipinski definition) is 2. The summed E-state index contributed by atoms with van der Waals surface area (Å²) in [7, 11) is 0. The summed E-state index contributed by atoms with van der Waals surface area (Å²) in [5, 5.41) is 14.2. The molecule has 51 heavy (non-hydrogen) atoms. The number of carbonyl (C=O) groups is 4. The molecule has 2 aromatic rings. The zero-order valence-corrected chi connectivity index (χ0v) is 31.6. The van der Waals surface area contributed by atoms with Crippen LogP contribution in [0.15, 0.2) is 79.9 Å². The van der Waals surface area contributed by atoms with Gasteiger partial charge in [0.2, 0.25) is 11.8 Å². The van der Waals surface area contributed by atoms with Crippen molar-refractivity contribution in [2.24, 2.45) is 17.8 Å². The second-order valence-electron chi connectivity index (χ2n) is 13.7. The number of aliphatic hydroxyl groups is 1. The van der Waals surface area contributed by atoms with Crippen molar-refractivity contribution in [2.75, 3.05) is 18.1 Å². The molecule has 2 aromatic carbocycles. The zero-order chi connectivity index (χ0) is 37.0. The first-order chi connectivity index (χ1) is 24.4. The third-order valence-electron chi connectivity index (χ3n) is 10.6. The second kappa shape index (κ2) is 16.4. The predicted octanol–water partition coefficient (Wildman–Crippen LogP) is 5.77. The number of rotatable bonds is 16. The van der Waals surface area contributed by atoms with Gasteiger partial charge in [-0.3, -0.25) is 19.2 Å². The van der Waals surface area contributed by atoms with Crippen LogP contribution in [0.3, 0.4) is 0 Å². The van der Waals surface area contributed by atoms with E-state index in [4.69, 9.17) is 21.1 Å². The summed E-state index contributed by atoms with van der Waals surface area (Å²) in [6, 6.07) is 13.4. The van der Waals surface area contributed by atoms with Crippen LogP contribution < -0.4 is 10.2 Å². The van der Waals surface area contributed by atoms with Gasteiger partial charge in [-0.25, -0.2) is 0 Å². The molecule has 0 radical (unpaired) electrons. The van der Waals surface area contributed by atoms with Gasteiger partial charge in [0.15, 0.2) is 0 Å². The molecule has 3 amide bonds. The largest absolute Gasteiger partial charge is 0.455 e.